The molecule has 20 heavy (non-hydrogen) atoms. The van der Waals surface area contributed by atoms with E-state index >= 15 is 0 Å². The third-order valence-corrected chi connectivity index (χ3v) is 3.64. The van der Waals surface area contributed by atoms with Gasteiger partial charge in [-0.1, -0.05) is 55.0 Å². The molecule has 0 saturated carbocycles. The van der Waals surface area contributed by atoms with E-state index < -0.39 is 5.82 Å². The van der Waals surface area contributed by atoms with Gasteiger partial charge in [-0.05, 0) is 24.6 Å². The van der Waals surface area contributed by atoms with E-state index in [9.17, 15) is 9.18 Å². The fraction of sp³-hybridized carbons (Fsp3) is 0.562. The van der Waals surface area contributed by atoms with Crippen LogP contribution in [0.1, 0.15) is 55.8 Å². The second-order valence-corrected chi connectivity index (χ2v) is 5.38. The normalized spacial score (nSPS) is 10.6. The van der Waals surface area contributed by atoms with Gasteiger partial charge < -0.3 is 4.74 Å². The molecule has 0 spiro atoms. The van der Waals surface area contributed by atoms with Gasteiger partial charge in [-0.25, -0.2) is 4.39 Å². The molecule has 0 fully saturated rings. The number of carbonyl (C=O) groups excluding carboxylic acids is 1. The van der Waals surface area contributed by atoms with E-state index in [2.05, 4.69) is 22.9 Å². The molecular weight excluding hydrogens is 323 g/mol. The molecule has 0 aliphatic heterocycles. The smallest absolute Gasteiger partial charge is 0.173 e. The second-order valence-electron chi connectivity index (χ2n) is 4.82. The minimum Gasteiger partial charge on any atom is -0.491 e. The van der Waals surface area contributed by atoms with E-state index in [0.29, 0.717) is 12.2 Å². The maximum Gasteiger partial charge on any atom is 0.173 e. The SMILES string of the molecule is CCCCCCCCOc1ccc(C(=O)CBr)cc1F. The van der Waals surface area contributed by atoms with Crippen molar-refractivity contribution in [3.05, 3.63) is 29.6 Å². The number of benzene rings is 1. The highest BCUT2D eigenvalue weighted by Crippen LogP contribution is 2.19. The van der Waals surface area contributed by atoms with Crippen molar-refractivity contribution in [2.45, 2.75) is 45.4 Å². The maximum absolute atomic E-state index is 13.7. The topological polar surface area (TPSA) is 26.3 Å². The number of unbranched alkanes of at least 4 members (excludes halogenated alkanes) is 5. The second kappa shape index (κ2) is 9.92. The molecule has 112 valence electrons. The molecule has 0 aliphatic carbocycles. The summed E-state index contributed by atoms with van der Waals surface area (Å²) >= 11 is 3.07. The fourth-order valence-electron chi connectivity index (χ4n) is 1.93. The first-order chi connectivity index (χ1) is 9.69. The zero-order valence-electron chi connectivity index (χ0n) is 12.0. The third kappa shape index (κ3) is 6.04. The number of ether oxygens (including phenoxy) is 1. The Morgan fingerprint density at radius 1 is 1.20 bits per heavy atom. The summed E-state index contributed by atoms with van der Waals surface area (Å²) in [4.78, 5) is 11.4. The Labute approximate surface area is 128 Å². The number of rotatable bonds is 10. The van der Waals surface area contributed by atoms with E-state index in [1.54, 1.807) is 6.07 Å². The number of halogens is 2. The van der Waals surface area contributed by atoms with Crippen molar-refractivity contribution >= 4 is 21.7 Å². The molecule has 0 aliphatic rings. The Balaban J connectivity index is 2.32. The first kappa shape index (κ1) is 17.2. The molecule has 2 nitrogen and oxygen atoms in total. The van der Waals surface area contributed by atoms with Crippen LogP contribution < -0.4 is 4.74 Å². The quantitative estimate of drug-likeness (QED) is 0.333. The largest absolute Gasteiger partial charge is 0.491 e. The van der Waals surface area contributed by atoms with Crippen LogP contribution in [0, 0.1) is 5.82 Å². The Kier molecular flexibility index (Phi) is 8.51. The van der Waals surface area contributed by atoms with Gasteiger partial charge in [-0.2, -0.15) is 0 Å². The summed E-state index contributed by atoms with van der Waals surface area (Å²) in [6.45, 7) is 2.71. The number of Topliss-reactive ketones (excluding diaryl/α,β-unsaturated/α-hetero) is 1. The van der Waals surface area contributed by atoms with E-state index in [4.69, 9.17) is 4.74 Å². The minimum absolute atomic E-state index is 0.133. The first-order valence-corrected chi connectivity index (χ1v) is 8.32. The molecule has 0 unspecified atom stereocenters. The monoisotopic (exact) mass is 344 g/mol. The van der Waals surface area contributed by atoms with Gasteiger partial charge in [0, 0.05) is 5.56 Å². The van der Waals surface area contributed by atoms with Crippen LogP contribution in [0.2, 0.25) is 0 Å². The lowest BCUT2D eigenvalue weighted by Gasteiger charge is -2.08. The van der Waals surface area contributed by atoms with Crippen LogP contribution in [-0.4, -0.2) is 17.7 Å². The lowest BCUT2D eigenvalue weighted by molar-refractivity contribution is 0.102. The first-order valence-electron chi connectivity index (χ1n) is 7.20. The van der Waals surface area contributed by atoms with Gasteiger partial charge in [-0.15, -0.1) is 0 Å². The summed E-state index contributed by atoms with van der Waals surface area (Å²) in [5, 5.41) is 0.199. The number of hydrogen-bond donors (Lipinski definition) is 0. The van der Waals surface area contributed by atoms with Crippen LogP contribution in [0.3, 0.4) is 0 Å². The summed E-state index contributed by atoms with van der Waals surface area (Å²) < 4.78 is 19.1. The molecule has 0 bridgehead atoms. The van der Waals surface area contributed by atoms with Crippen LogP contribution in [0.25, 0.3) is 0 Å². The lowest BCUT2D eigenvalue weighted by Crippen LogP contribution is -2.03. The molecule has 0 radical (unpaired) electrons. The zero-order valence-corrected chi connectivity index (χ0v) is 13.5. The molecule has 0 heterocycles. The van der Waals surface area contributed by atoms with Crippen molar-refractivity contribution in [3.8, 4) is 5.75 Å². The average Bonchev–Trinajstić information content (AvgIpc) is 2.46. The Morgan fingerprint density at radius 2 is 1.90 bits per heavy atom. The van der Waals surface area contributed by atoms with Crippen molar-refractivity contribution in [2.24, 2.45) is 0 Å². The number of carbonyl (C=O) groups is 1. The highest BCUT2D eigenvalue weighted by Gasteiger charge is 2.09. The van der Waals surface area contributed by atoms with Crippen LogP contribution in [0.5, 0.6) is 5.75 Å². The van der Waals surface area contributed by atoms with Gasteiger partial charge in [-0.3, -0.25) is 4.79 Å². The molecule has 0 amide bonds. The number of hydrogen-bond acceptors (Lipinski definition) is 2. The molecule has 0 aromatic heterocycles. The molecule has 1 rings (SSSR count). The third-order valence-electron chi connectivity index (χ3n) is 3.13. The predicted octanol–water partition coefficient (Wildman–Crippen LogP) is 5.14. The molecule has 0 N–H and O–H groups in total. The summed E-state index contributed by atoms with van der Waals surface area (Å²) in [7, 11) is 0. The van der Waals surface area contributed by atoms with Gasteiger partial charge >= 0.3 is 0 Å². The highest BCUT2D eigenvalue weighted by molar-refractivity contribution is 9.09. The van der Waals surface area contributed by atoms with E-state index in [0.717, 1.165) is 12.8 Å². The van der Waals surface area contributed by atoms with Crippen molar-refractivity contribution in [3.63, 3.8) is 0 Å². The summed E-state index contributed by atoms with van der Waals surface area (Å²) in [5.41, 5.74) is 0.367. The summed E-state index contributed by atoms with van der Waals surface area (Å²) in [5.74, 6) is -0.376. The number of ketones is 1. The Hall–Kier alpha value is -0.900. The van der Waals surface area contributed by atoms with E-state index in [-0.39, 0.29) is 16.9 Å². The predicted molar refractivity (Wildman–Crippen MR) is 83.4 cm³/mol. The summed E-state index contributed by atoms with van der Waals surface area (Å²) in [6, 6.07) is 4.37. The highest BCUT2D eigenvalue weighted by atomic mass is 79.9. The van der Waals surface area contributed by atoms with Gasteiger partial charge in [0.1, 0.15) is 0 Å². The van der Waals surface area contributed by atoms with Crippen LogP contribution in [-0.2, 0) is 0 Å². The van der Waals surface area contributed by atoms with Gasteiger partial charge in [0.15, 0.2) is 17.3 Å². The van der Waals surface area contributed by atoms with E-state index in [1.165, 1.54) is 37.8 Å². The standard InChI is InChI=1S/C16H22BrFO2/c1-2-3-4-5-6-7-10-20-16-9-8-13(11-14(16)18)15(19)12-17/h8-9,11H,2-7,10,12H2,1H3. The molecule has 0 atom stereocenters. The van der Waals surface area contributed by atoms with Crippen molar-refractivity contribution < 1.29 is 13.9 Å². The van der Waals surface area contributed by atoms with Crippen LogP contribution in [0.4, 0.5) is 4.39 Å². The van der Waals surface area contributed by atoms with Gasteiger partial charge in [0.05, 0.1) is 11.9 Å². The van der Waals surface area contributed by atoms with Crippen LogP contribution >= 0.6 is 15.9 Å². The average molecular weight is 345 g/mol. The van der Waals surface area contributed by atoms with E-state index in [1.807, 2.05) is 0 Å². The fourth-order valence-corrected chi connectivity index (χ4v) is 2.26. The summed E-state index contributed by atoms with van der Waals surface area (Å²) in [6.07, 6.45) is 7.03. The Morgan fingerprint density at radius 3 is 2.55 bits per heavy atom. The molecule has 4 heteroatoms. The van der Waals surface area contributed by atoms with Crippen molar-refractivity contribution in [2.75, 3.05) is 11.9 Å². The zero-order chi connectivity index (χ0) is 14.8. The van der Waals surface area contributed by atoms with Crippen molar-refractivity contribution in [1.82, 2.24) is 0 Å². The van der Waals surface area contributed by atoms with Crippen LogP contribution in [0.15, 0.2) is 18.2 Å². The molecule has 0 saturated heterocycles. The molecule has 1 aromatic carbocycles. The Bertz CT molecular complexity index is 421. The number of alkyl halides is 1. The van der Waals surface area contributed by atoms with Gasteiger partial charge in [0.25, 0.3) is 0 Å². The molecule has 1 aromatic rings. The van der Waals surface area contributed by atoms with Gasteiger partial charge in [0.2, 0.25) is 0 Å². The lowest BCUT2D eigenvalue weighted by atomic mass is 10.1. The molecular formula is C16H22BrFO2. The maximum atomic E-state index is 13.7. The van der Waals surface area contributed by atoms with Crippen molar-refractivity contribution in [1.29, 1.82) is 0 Å². The minimum atomic E-state index is -0.470.